The largest absolute Gasteiger partial charge is 0.497 e. The summed E-state index contributed by atoms with van der Waals surface area (Å²) in [6, 6.07) is 9.14. The first-order valence-electron chi connectivity index (χ1n) is 8.46. The van der Waals surface area contributed by atoms with Crippen LogP contribution in [0.1, 0.15) is 11.6 Å². The molecule has 2 aromatic rings. The number of nitrogens with zero attached hydrogens (tertiary/aromatic N) is 1. The summed E-state index contributed by atoms with van der Waals surface area (Å²) in [6.07, 6.45) is 0. The molecule has 3 rings (SSSR count). The zero-order valence-electron chi connectivity index (χ0n) is 16.1. The van der Waals surface area contributed by atoms with Gasteiger partial charge in [-0.1, -0.05) is 12.6 Å². The summed E-state index contributed by atoms with van der Waals surface area (Å²) >= 11 is 0. The maximum absolute atomic E-state index is 12.6. The number of anilines is 1. The second-order valence-corrected chi connectivity index (χ2v) is 6.12. The van der Waals surface area contributed by atoms with Gasteiger partial charge in [-0.05, 0) is 17.7 Å². The van der Waals surface area contributed by atoms with Gasteiger partial charge < -0.3 is 18.9 Å². The Morgan fingerprint density at radius 3 is 2.04 bits per heavy atom. The Hall–Kier alpha value is -3.48. The van der Waals surface area contributed by atoms with Crippen molar-refractivity contribution in [3.8, 4) is 23.0 Å². The number of benzene rings is 1. The predicted octanol–water partition coefficient (Wildman–Crippen LogP) is 2.73. The number of hydrogen-bond donors (Lipinski definition) is 0. The number of carbonyl (C=O) groups is 1. The normalized spacial score (nSPS) is 15.7. The lowest BCUT2D eigenvalue weighted by atomic mass is 9.89. The molecule has 1 aliphatic rings. The highest BCUT2D eigenvalue weighted by atomic mass is 16.5. The first-order valence-corrected chi connectivity index (χ1v) is 8.46. The molecule has 0 saturated carbocycles. The summed E-state index contributed by atoms with van der Waals surface area (Å²) < 4.78 is 21.3. The molecule has 0 bridgehead atoms. The molecule has 0 aliphatic carbocycles. The highest BCUT2D eigenvalue weighted by Gasteiger charge is 2.43. The molecule has 0 radical (unpaired) electrons. The standard InChI is InChI=1S/C21H21NO6/c1-12-19(13-6-7-15(23)11-16(8-13)25-2)22(21(12)24)14-9-17(26-3)20(28-5)18(10-14)27-4/h6-11,19H,1H2,2-5H3. The number of amides is 1. The average molecular weight is 383 g/mol. The fraction of sp³-hybridized carbons (Fsp3) is 0.238. The number of hydrogen-bond acceptors (Lipinski definition) is 6. The topological polar surface area (TPSA) is 74.3 Å². The third-order valence-electron chi connectivity index (χ3n) is 4.59. The average Bonchev–Trinajstić information content (AvgIpc) is 2.90. The van der Waals surface area contributed by atoms with E-state index < -0.39 is 6.04 Å². The van der Waals surface area contributed by atoms with Gasteiger partial charge in [-0.25, -0.2) is 0 Å². The Morgan fingerprint density at radius 1 is 0.857 bits per heavy atom. The van der Waals surface area contributed by atoms with Crippen molar-refractivity contribution in [3.63, 3.8) is 0 Å². The van der Waals surface area contributed by atoms with E-state index >= 15 is 0 Å². The van der Waals surface area contributed by atoms with Crippen LogP contribution in [0.4, 0.5) is 5.69 Å². The summed E-state index contributed by atoms with van der Waals surface area (Å²) in [5.74, 6) is 1.47. The van der Waals surface area contributed by atoms with Gasteiger partial charge in [0.05, 0.1) is 40.2 Å². The van der Waals surface area contributed by atoms with Gasteiger partial charge in [0.25, 0.3) is 5.91 Å². The second-order valence-electron chi connectivity index (χ2n) is 6.12. The number of β-lactam (4-membered cyclic amide) rings is 1. The van der Waals surface area contributed by atoms with E-state index in [4.69, 9.17) is 18.9 Å². The molecule has 0 N–H and O–H groups in total. The van der Waals surface area contributed by atoms with Crippen molar-refractivity contribution in [2.24, 2.45) is 0 Å². The lowest BCUT2D eigenvalue weighted by Gasteiger charge is -2.42. The third-order valence-corrected chi connectivity index (χ3v) is 4.59. The van der Waals surface area contributed by atoms with Crippen molar-refractivity contribution < 1.29 is 23.7 Å². The van der Waals surface area contributed by atoms with E-state index in [0.29, 0.717) is 39.8 Å². The number of carbonyl (C=O) groups excluding carboxylic acids is 1. The third kappa shape index (κ3) is 3.15. The first kappa shape index (κ1) is 19.3. The summed E-state index contributed by atoms with van der Waals surface area (Å²) in [5.41, 5.74) is 1.48. The van der Waals surface area contributed by atoms with E-state index in [1.54, 1.807) is 29.2 Å². The van der Waals surface area contributed by atoms with E-state index in [-0.39, 0.29) is 11.3 Å². The maximum Gasteiger partial charge on any atom is 0.256 e. The molecular weight excluding hydrogens is 362 g/mol. The van der Waals surface area contributed by atoms with Gasteiger partial charge in [0.15, 0.2) is 16.9 Å². The molecule has 146 valence electrons. The molecule has 1 fully saturated rings. The first-order chi connectivity index (χ1) is 13.4. The Labute approximate surface area is 162 Å². The molecule has 7 heteroatoms. The zero-order chi connectivity index (χ0) is 20.4. The lowest BCUT2D eigenvalue weighted by Crippen LogP contribution is -2.48. The molecule has 7 nitrogen and oxygen atoms in total. The lowest BCUT2D eigenvalue weighted by molar-refractivity contribution is -0.118. The monoisotopic (exact) mass is 383 g/mol. The maximum atomic E-state index is 12.6. The van der Waals surface area contributed by atoms with Crippen LogP contribution < -0.4 is 29.3 Å². The van der Waals surface area contributed by atoms with E-state index in [0.717, 1.165) is 0 Å². The minimum absolute atomic E-state index is 0.196. The van der Waals surface area contributed by atoms with Gasteiger partial charge in [0.2, 0.25) is 5.75 Å². The van der Waals surface area contributed by atoms with E-state index in [9.17, 15) is 9.59 Å². The highest BCUT2D eigenvalue weighted by molar-refractivity contribution is 6.15. The minimum atomic E-state index is -0.448. The van der Waals surface area contributed by atoms with Crippen LogP contribution in [0.3, 0.4) is 0 Å². The number of rotatable bonds is 6. The van der Waals surface area contributed by atoms with Gasteiger partial charge in [-0.2, -0.15) is 0 Å². The van der Waals surface area contributed by atoms with Gasteiger partial charge >= 0.3 is 0 Å². The van der Waals surface area contributed by atoms with Crippen LogP contribution in [0.5, 0.6) is 23.0 Å². The second kappa shape index (κ2) is 7.64. The van der Waals surface area contributed by atoms with Crippen LogP contribution in [-0.4, -0.2) is 34.3 Å². The van der Waals surface area contributed by atoms with Crippen molar-refractivity contribution in [3.05, 3.63) is 64.3 Å². The summed E-state index contributed by atoms with van der Waals surface area (Å²) in [7, 11) is 6.01. The SMILES string of the molecule is C=C1C(=O)N(c2cc(OC)c(OC)c(OC)c2)C1c1ccc(=O)cc(OC)c1. The molecule has 0 spiro atoms. The molecule has 1 heterocycles. The van der Waals surface area contributed by atoms with Crippen molar-refractivity contribution in [1.82, 2.24) is 0 Å². The van der Waals surface area contributed by atoms with Crippen molar-refractivity contribution >= 4 is 11.6 Å². The minimum Gasteiger partial charge on any atom is -0.497 e. The Bertz CT molecular complexity index is 975. The zero-order valence-corrected chi connectivity index (χ0v) is 16.1. The van der Waals surface area contributed by atoms with Crippen LogP contribution in [0.25, 0.3) is 0 Å². The molecule has 1 atom stereocenters. The van der Waals surface area contributed by atoms with Crippen LogP contribution in [0, 0.1) is 0 Å². The van der Waals surface area contributed by atoms with Crippen molar-refractivity contribution in [2.75, 3.05) is 33.3 Å². The molecular formula is C21H21NO6. The summed E-state index contributed by atoms with van der Waals surface area (Å²) in [5, 5.41) is 0. The predicted molar refractivity (Wildman–Crippen MR) is 105 cm³/mol. The van der Waals surface area contributed by atoms with Gasteiger partial charge in [-0.15, -0.1) is 0 Å². The Balaban J connectivity index is 2.12. The summed E-state index contributed by atoms with van der Waals surface area (Å²) in [6.45, 7) is 3.89. The quantitative estimate of drug-likeness (QED) is 0.564. The molecule has 1 saturated heterocycles. The summed E-state index contributed by atoms with van der Waals surface area (Å²) in [4.78, 5) is 26.0. The number of methoxy groups -OCH3 is 4. The van der Waals surface area contributed by atoms with Gasteiger partial charge in [0, 0.05) is 23.8 Å². The molecule has 1 unspecified atom stereocenters. The number of ether oxygens (including phenoxy) is 4. The van der Waals surface area contributed by atoms with E-state index in [1.807, 2.05) is 0 Å². The van der Waals surface area contributed by atoms with Crippen LogP contribution in [0.15, 0.2) is 53.3 Å². The fourth-order valence-corrected chi connectivity index (χ4v) is 3.21. The Morgan fingerprint density at radius 2 is 1.50 bits per heavy atom. The van der Waals surface area contributed by atoms with E-state index in [2.05, 4.69) is 6.58 Å². The molecule has 0 aromatic heterocycles. The molecule has 28 heavy (non-hydrogen) atoms. The van der Waals surface area contributed by atoms with Crippen molar-refractivity contribution in [2.45, 2.75) is 6.04 Å². The van der Waals surface area contributed by atoms with Crippen molar-refractivity contribution in [1.29, 1.82) is 0 Å². The molecule has 1 amide bonds. The molecule has 2 aromatic carbocycles. The fourth-order valence-electron chi connectivity index (χ4n) is 3.21. The van der Waals surface area contributed by atoms with Crippen LogP contribution in [-0.2, 0) is 4.79 Å². The highest BCUT2D eigenvalue weighted by Crippen LogP contribution is 2.47. The van der Waals surface area contributed by atoms with Gasteiger partial charge in [-0.3, -0.25) is 14.5 Å². The Kier molecular flexibility index (Phi) is 5.26. The van der Waals surface area contributed by atoms with Gasteiger partial charge in [0.1, 0.15) is 5.75 Å². The van der Waals surface area contributed by atoms with E-state index in [1.165, 1.54) is 40.6 Å². The smallest absolute Gasteiger partial charge is 0.256 e. The molecule has 1 aliphatic heterocycles. The van der Waals surface area contributed by atoms with Crippen LogP contribution >= 0.6 is 0 Å². The van der Waals surface area contributed by atoms with Crippen LogP contribution in [0.2, 0.25) is 0 Å².